The van der Waals surface area contributed by atoms with Crippen LogP contribution in [-0.4, -0.2) is 48.3 Å². The van der Waals surface area contributed by atoms with Gasteiger partial charge in [0.15, 0.2) is 0 Å². The molecule has 0 aromatic heterocycles. The van der Waals surface area contributed by atoms with Gasteiger partial charge in [-0.1, -0.05) is 30.7 Å². The van der Waals surface area contributed by atoms with E-state index in [1.165, 1.54) is 0 Å². The van der Waals surface area contributed by atoms with Crippen LogP contribution in [0.25, 0.3) is 0 Å². The largest absolute Gasteiger partial charge is 0.395 e. The summed E-state index contributed by atoms with van der Waals surface area (Å²) < 4.78 is 5.19. The molecule has 1 heterocycles. The lowest BCUT2D eigenvalue weighted by Gasteiger charge is -2.39. The number of nitrogens with zero attached hydrogens (tertiary/aromatic N) is 1. The fraction of sp³-hybridized carbons (Fsp3) is 0.611. The molecule has 1 aliphatic heterocycles. The van der Waals surface area contributed by atoms with Crippen molar-refractivity contribution in [2.45, 2.75) is 51.4 Å². The number of aliphatic hydroxyl groups is 1. The van der Waals surface area contributed by atoms with Gasteiger partial charge in [-0.05, 0) is 30.9 Å². The Hall–Kier alpha value is -1.43. The molecule has 1 aromatic carbocycles. The minimum absolute atomic E-state index is 0.00409. The van der Waals surface area contributed by atoms with Crippen molar-refractivity contribution in [1.29, 1.82) is 0 Å². The topological polar surface area (TPSA) is 61.8 Å². The number of aliphatic hydroxyl groups excluding tert-OH is 1. The Morgan fingerprint density at radius 2 is 2.09 bits per heavy atom. The molecule has 23 heavy (non-hydrogen) atoms. The van der Waals surface area contributed by atoms with Gasteiger partial charge in [0.05, 0.1) is 19.8 Å². The van der Waals surface area contributed by atoms with E-state index in [0.29, 0.717) is 25.7 Å². The Morgan fingerprint density at radius 1 is 1.35 bits per heavy atom. The maximum absolute atomic E-state index is 12.3. The third-order valence-electron chi connectivity index (χ3n) is 4.63. The van der Waals surface area contributed by atoms with Gasteiger partial charge < -0.3 is 15.2 Å². The molecular formula is C18H28N2O3. The van der Waals surface area contributed by atoms with Crippen molar-refractivity contribution in [3.05, 3.63) is 35.4 Å². The molecule has 128 valence electrons. The van der Waals surface area contributed by atoms with Crippen LogP contribution in [0.4, 0.5) is 0 Å². The van der Waals surface area contributed by atoms with Crippen LogP contribution >= 0.6 is 0 Å². The van der Waals surface area contributed by atoms with E-state index >= 15 is 0 Å². The first-order chi connectivity index (χ1) is 11.2. The molecule has 2 rings (SSSR count). The van der Waals surface area contributed by atoms with Crippen molar-refractivity contribution >= 4 is 5.91 Å². The van der Waals surface area contributed by atoms with Crippen LogP contribution in [0.1, 0.15) is 37.3 Å². The van der Waals surface area contributed by atoms with Gasteiger partial charge in [-0.15, -0.1) is 0 Å². The van der Waals surface area contributed by atoms with Crippen LogP contribution in [-0.2, 0) is 22.7 Å². The van der Waals surface area contributed by atoms with Crippen molar-refractivity contribution in [3.8, 4) is 0 Å². The van der Waals surface area contributed by atoms with E-state index in [1.54, 1.807) is 7.11 Å². The number of amides is 1. The molecule has 5 nitrogen and oxygen atoms in total. The first-order valence-electron chi connectivity index (χ1n) is 8.34. The first-order valence-corrected chi connectivity index (χ1v) is 8.34. The molecule has 0 spiro atoms. The summed E-state index contributed by atoms with van der Waals surface area (Å²) in [6.07, 6.45) is 3.17. The van der Waals surface area contributed by atoms with E-state index < -0.39 is 0 Å². The molecule has 2 N–H and O–H groups in total. The number of methoxy groups -OCH3 is 1. The lowest BCUT2D eigenvalue weighted by Crippen LogP contribution is -2.51. The Bertz CT molecular complexity index is 507. The van der Waals surface area contributed by atoms with Crippen molar-refractivity contribution in [3.63, 3.8) is 0 Å². The van der Waals surface area contributed by atoms with E-state index in [4.69, 9.17) is 4.74 Å². The maximum Gasteiger partial charge on any atom is 0.234 e. The number of hydrogen-bond donors (Lipinski definition) is 2. The quantitative estimate of drug-likeness (QED) is 0.802. The summed E-state index contributed by atoms with van der Waals surface area (Å²) in [6, 6.07) is 8.40. The van der Waals surface area contributed by atoms with Crippen LogP contribution in [0, 0.1) is 0 Å². The summed E-state index contributed by atoms with van der Waals surface area (Å²) >= 11 is 0. The van der Waals surface area contributed by atoms with Crippen LogP contribution in [0.2, 0.25) is 0 Å². The normalized spacial score (nSPS) is 22.0. The predicted molar refractivity (Wildman–Crippen MR) is 89.9 cm³/mol. The van der Waals surface area contributed by atoms with Gasteiger partial charge in [-0.2, -0.15) is 0 Å². The molecule has 1 aromatic rings. The van der Waals surface area contributed by atoms with Crippen molar-refractivity contribution < 1.29 is 14.6 Å². The molecule has 2 unspecified atom stereocenters. The maximum atomic E-state index is 12.3. The van der Waals surface area contributed by atoms with Crippen LogP contribution in [0.3, 0.4) is 0 Å². The average molecular weight is 320 g/mol. The molecule has 1 fully saturated rings. The minimum atomic E-state index is 0.00409. The zero-order valence-corrected chi connectivity index (χ0v) is 14.1. The van der Waals surface area contributed by atoms with Gasteiger partial charge in [0.1, 0.15) is 0 Å². The van der Waals surface area contributed by atoms with Gasteiger partial charge in [-0.25, -0.2) is 0 Å². The van der Waals surface area contributed by atoms with E-state index in [2.05, 4.69) is 17.1 Å². The lowest BCUT2D eigenvalue weighted by molar-refractivity contribution is -0.124. The lowest BCUT2D eigenvalue weighted by atomic mass is 9.97. The molecule has 1 amide bonds. The molecule has 0 saturated carbocycles. The number of rotatable bonds is 7. The molecule has 1 saturated heterocycles. The first kappa shape index (κ1) is 17.9. The highest BCUT2D eigenvalue weighted by Gasteiger charge is 2.28. The smallest absolute Gasteiger partial charge is 0.234 e. The molecule has 5 heteroatoms. The standard InChI is InChI=1S/C18H28N2O3/c1-14-6-5-9-17(12-21)20(14)11-18(22)19-10-15-7-3-4-8-16(15)13-23-2/h3-4,7-8,14,17,21H,5-6,9-13H2,1-2H3,(H,19,22). The van der Waals surface area contributed by atoms with Gasteiger partial charge in [0.2, 0.25) is 5.91 Å². The van der Waals surface area contributed by atoms with E-state index in [-0.39, 0.29) is 18.6 Å². The fourth-order valence-electron chi connectivity index (χ4n) is 3.26. The Labute approximate surface area is 138 Å². The molecule has 1 aliphatic rings. The zero-order chi connectivity index (χ0) is 16.7. The summed E-state index contributed by atoms with van der Waals surface area (Å²) in [5.41, 5.74) is 2.17. The second kappa shape index (κ2) is 9.01. The highest BCUT2D eigenvalue weighted by Crippen LogP contribution is 2.22. The Morgan fingerprint density at radius 3 is 2.78 bits per heavy atom. The summed E-state index contributed by atoms with van der Waals surface area (Å²) in [6.45, 7) is 3.64. The summed E-state index contributed by atoms with van der Waals surface area (Å²) in [4.78, 5) is 14.4. The van der Waals surface area contributed by atoms with Gasteiger partial charge in [0.25, 0.3) is 0 Å². The Kier molecular flexibility index (Phi) is 7.02. The number of ether oxygens (including phenoxy) is 1. The highest BCUT2D eigenvalue weighted by atomic mass is 16.5. The average Bonchev–Trinajstić information content (AvgIpc) is 2.56. The molecule has 0 bridgehead atoms. The third kappa shape index (κ3) is 5.03. The Balaban J connectivity index is 1.89. The van der Waals surface area contributed by atoms with Gasteiger partial charge >= 0.3 is 0 Å². The molecule has 0 radical (unpaired) electrons. The van der Waals surface area contributed by atoms with Gasteiger partial charge in [0, 0.05) is 25.7 Å². The second-order valence-electron chi connectivity index (χ2n) is 6.27. The number of hydrogen-bond acceptors (Lipinski definition) is 4. The number of likely N-dealkylation sites (tertiary alicyclic amines) is 1. The predicted octanol–water partition coefficient (Wildman–Crippen LogP) is 1.68. The molecular weight excluding hydrogens is 292 g/mol. The number of benzene rings is 1. The van der Waals surface area contributed by atoms with E-state index in [0.717, 1.165) is 30.4 Å². The van der Waals surface area contributed by atoms with E-state index in [9.17, 15) is 9.90 Å². The summed E-state index contributed by atoms with van der Waals surface area (Å²) in [5.74, 6) is 0.00409. The van der Waals surface area contributed by atoms with Crippen molar-refractivity contribution in [2.75, 3.05) is 20.3 Å². The number of carbonyl (C=O) groups is 1. The van der Waals surface area contributed by atoms with Gasteiger partial charge in [-0.3, -0.25) is 9.69 Å². The molecule has 2 atom stereocenters. The minimum Gasteiger partial charge on any atom is -0.395 e. The summed E-state index contributed by atoms with van der Waals surface area (Å²) in [5, 5.41) is 12.5. The number of nitrogens with one attached hydrogen (secondary N) is 1. The van der Waals surface area contributed by atoms with Crippen molar-refractivity contribution in [2.24, 2.45) is 0 Å². The third-order valence-corrected chi connectivity index (χ3v) is 4.63. The SMILES string of the molecule is COCc1ccccc1CNC(=O)CN1C(C)CCCC1CO. The second-order valence-corrected chi connectivity index (χ2v) is 6.27. The number of piperidine rings is 1. The molecule has 0 aliphatic carbocycles. The highest BCUT2D eigenvalue weighted by molar-refractivity contribution is 5.78. The zero-order valence-electron chi connectivity index (χ0n) is 14.1. The van der Waals surface area contributed by atoms with Crippen LogP contribution in [0.5, 0.6) is 0 Å². The number of carbonyl (C=O) groups excluding carboxylic acids is 1. The van der Waals surface area contributed by atoms with Crippen LogP contribution < -0.4 is 5.32 Å². The monoisotopic (exact) mass is 320 g/mol. The van der Waals surface area contributed by atoms with Crippen molar-refractivity contribution in [1.82, 2.24) is 10.2 Å². The summed E-state index contributed by atoms with van der Waals surface area (Å²) in [7, 11) is 1.67. The fourth-order valence-corrected chi connectivity index (χ4v) is 3.26. The van der Waals surface area contributed by atoms with E-state index in [1.807, 2.05) is 24.3 Å². The van der Waals surface area contributed by atoms with Crippen LogP contribution in [0.15, 0.2) is 24.3 Å².